The van der Waals surface area contributed by atoms with Crippen LogP contribution in [0.4, 0.5) is 13.2 Å². The van der Waals surface area contributed by atoms with Gasteiger partial charge in [0.05, 0.1) is 18.1 Å². The molecule has 0 amide bonds. The topological polar surface area (TPSA) is 153 Å². The monoisotopic (exact) mass is 465 g/mol. The average Bonchev–Trinajstić information content (AvgIpc) is 3.15. The lowest BCUT2D eigenvalue weighted by atomic mass is 9.94. The molecule has 6 atom stereocenters. The fourth-order valence-corrected chi connectivity index (χ4v) is 6.49. The van der Waals surface area contributed by atoms with Crippen molar-refractivity contribution in [2.24, 2.45) is 11.8 Å². The summed E-state index contributed by atoms with van der Waals surface area (Å²) in [5, 5.41) is -4.02. The van der Waals surface area contributed by atoms with Crippen LogP contribution in [0, 0.1) is 11.8 Å². The number of hydrogen-bond donors (Lipinski definition) is 0. The Morgan fingerprint density at radius 3 is 2.38 bits per heavy atom. The molecule has 3 aliphatic rings. The van der Waals surface area contributed by atoms with E-state index in [4.69, 9.17) is 8.92 Å². The lowest BCUT2D eigenvalue weighted by Gasteiger charge is -2.25. The Labute approximate surface area is 163 Å². The van der Waals surface area contributed by atoms with E-state index in [9.17, 15) is 44.1 Å². The van der Waals surface area contributed by atoms with Gasteiger partial charge in [0.2, 0.25) is 0 Å². The summed E-state index contributed by atoms with van der Waals surface area (Å²) in [7, 11) is -9.49. The summed E-state index contributed by atoms with van der Waals surface area (Å²) in [6.07, 6.45) is -7.47. The number of alkyl halides is 3. The Hall–Kier alpha value is -1.45. The van der Waals surface area contributed by atoms with Crippen molar-refractivity contribution in [1.29, 1.82) is 0 Å². The maximum Gasteiger partial charge on any atom is 0.407 e. The Bertz CT molecular complexity index is 897. The van der Waals surface area contributed by atoms with Crippen molar-refractivity contribution in [3.8, 4) is 0 Å². The van der Waals surface area contributed by atoms with Crippen molar-refractivity contribution in [3.05, 3.63) is 0 Å². The van der Waals surface area contributed by atoms with Gasteiger partial charge in [0.15, 0.2) is 5.25 Å². The summed E-state index contributed by atoms with van der Waals surface area (Å²) in [5.41, 5.74) is 0. The number of esters is 2. The highest BCUT2D eigenvalue weighted by Crippen LogP contribution is 2.55. The van der Waals surface area contributed by atoms with Crippen molar-refractivity contribution >= 4 is 32.2 Å². The summed E-state index contributed by atoms with van der Waals surface area (Å²) in [5.74, 6) is -2.69. The number of halogens is 3. The third kappa shape index (κ3) is 4.51. The van der Waals surface area contributed by atoms with Crippen LogP contribution in [0.2, 0.25) is 0 Å². The van der Waals surface area contributed by atoms with Gasteiger partial charge in [0.1, 0.15) is 28.9 Å². The number of rotatable bonds is 7. The van der Waals surface area contributed by atoms with E-state index >= 15 is 0 Å². The zero-order valence-corrected chi connectivity index (χ0v) is 16.2. The molecule has 15 heteroatoms. The first-order valence-electron chi connectivity index (χ1n) is 8.49. The highest BCUT2D eigenvalue weighted by atomic mass is 32.2. The van der Waals surface area contributed by atoms with Gasteiger partial charge in [-0.25, -0.2) is 8.42 Å². The third-order valence-corrected chi connectivity index (χ3v) is 8.20. The van der Waals surface area contributed by atoms with Crippen LogP contribution in [0.15, 0.2) is 0 Å². The molecule has 0 aromatic rings. The Balaban J connectivity index is 1.46. The third-order valence-electron chi connectivity index (χ3n) is 5.32. The molecule has 3 fully saturated rings. The summed E-state index contributed by atoms with van der Waals surface area (Å²) < 4.78 is 107. The van der Waals surface area contributed by atoms with Gasteiger partial charge in [-0.05, 0) is 12.8 Å². The fourth-order valence-electron chi connectivity index (χ4n) is 4.04. The Morgan fingerprint density at radius 2 is 1.79 bits per heavy atom. The van der Waals surface area contributed by atoms with E-state index in [1.165, 1.54) is 0 Å². The summed E-state index contributed by atoms with van der Waals surface area (Å²) in [6.45, 7) is -1.72. The van der Waals surface area contributed by atoms with Crippen LogP contribution in [0.3, 0.4) is 0 Å². The van der Waals surface area contributed by atoms with Crippen LogP contribution < -0.4 is 0 Å². The molecule has 6 unspecified atom stereocenters. The van der Waals surface area contributed by atoms with Gasteiger partial charge in [-0.2, -0.15) is 21.6 Å². The maximum absolute atomic E-state index is 12.5. The minimum atomic E-state index is -5.79. The molecule has 2 saturated carbocycles. The van der Waals surface area contributed by atoms with E-state index in [0.29, 0.717) is 12.8 Å². The SMILES string of the molecule is O=C(CCC(=O)OC1C2CC3C1OS(=O)(=O)C3C2)OCC(C(F)(F)F)S(=O)(=O)[O-]. The van der Waals surface area contributed by atoms with Crippen molar-refractivity contribution < 1.29 is 57.8 Å². The van der Waals surface area contributed by atoms with Crippen molar-refractivity contribution in [3.63, 3.8) is 0 Å². The van der Waals surface area contributed by atoms with Gasteiger partial charge in [-0.15, -0.1) is 0 Å². The summed E-state index contributed by atoms with van der Waals surface area (Å²) in [4.78, 5) is 23.4. The number of carbonyl (C=O) groups excluding carboxylic acids is 2. The van der Waals surface area contributed by atoms with Gasteiger partial charge in [0, 0.05) is 11.8 Å². The minimum absolute atomic E-state index is 0.196. The first kappa shape index (κ1) is 22.2. The molecule has 3 rings (SSSR count). The standard InChI is InChI=1S/C14H17F3O10S2/c15-14(16,17)9(28(20,21)22)5-25-10(18)1-2-11(19)26-12-6-3-7-8(4-6)29(23,24)27-13(7)12/h6-9,12-13H,1-5H2,(H,20,21,22)/p-1. The number of ether oxygens (including phenoxy) is 2. The molecule has 1 aliphatic heterocycles. The maximum atomic E-state index is 12.5. The molecule has 0 spiro atoms. The van der Waals surface area contributed by atoms with Crippen LogP contribution in [0.5, 0.6) is 0 Å². The van der Waals surface area contributed by atoms with E-state index in [1.807, 2.05) is 0 Å². The molecule has 10 nitrogen and oxygen atoms in total. The lowest BCUT2D eigenvalue weighted by Crippen LogP contribution is -2.41. The van der Waals surface area contributed by atoms with Gasteiger partial charge < -0.3 is 14.0 Å². The first-order chi connectivity index (χ1) is 13.2. The fraction of sp³-hybridized carbons (Fsp3) is 0.857. The van der Waals surface area contributed by atoms with E-state index in [2.05, 4.69) is 4.74 Å². The van der Waals surface area contributed by atoms with Crippen molar-refractivity contribution in [1.82, 2.24) is 0 Å². The molecule has 1 heterocycles. The molecule has 2 bridgehead atoms. The minimum Gasteiger partial charge on any atom is -0.747 e. The largest absolute Gasteiger partial charge is 0.747 e. The first-order valence-corrected chi connectivity index (χ1v) is 11.4. The normalized spacial score (nSPS) is 33.4. The quantitative estimate of drug-likeness (QED) is 0.281. The van der Waals surface area contributed by atoms with E-state index in [0.717, 1.165) is 0 Å². The van der Waals surface area contributed by atoms with Crippen molar-refractivity contribution in [2.45, 2.75) is 54.6 Å². The second-order valence-corrected chi connectivity index (χ2v) is 10.5. The van der Waals surface area contributed by atoms with Crippen LogP contribution in [-0.4, -0.2) is 68.8 Å². The second-order valence-electron chi connectivity index (χ2n) is 7.15. The Kier molecular flexibility index (Phi) is 5.64. The van der Waals surface area contributed by atoms with Gasteiger partial charge in [-0.3, -0.25) is 13.8 Å². The van der Waals surface area contributed by atoms with Gasteiger partial charge >= 0.3 is 18.1 Å². The highest BCUT2D eigenvalue weighted by molar-refractivity contribution is 7.87. The second kappa shape index (κ2) is 7.35. The molecular weight excluding hydrogens is 449 g/mol. The molecule has 0 radical (unpaired) electrons. The zero-order chi connectivity index (χ0) is 21.8. The summed E-state index contributed by atoms with van der Waals surface area (Å²) in [6, 6.07) is 0. The van der Waals surface area contributed by atoms with Crippen LogP contribution >= 0.6 is 0 Å². The molecule has 0 N–H and O–H groups in total. The van der Waals surface area contributed by atoms with Crippen LogP contribution in [0.1, 0.15) is 25.7 Å². The Morgan fingerprint density at radius 1 is 1.17 bits per heavy atom. The van der Waals surface area contributed by atoms with Gasteiger partial charge in [-0.1, -0.05) is 0 Å². The van der Waals surface area contributed by atoms with E-state index in [-0.39, 0.29) is 11.8 Å². The van der Waals surface area contributed by atoms with E-state index < -0.39 is 80.5 Å². The predicted molar refractivity (Wildman–Crippen MR) is 83.4 cm³/mol. The number of hydrogen-bond acceptors (Lipinski definition) is 10. The van der Waals surface area contributed by atoms with Crippen LogP contribution in [-0.2, 0) is 43.5 Å². The van der Waals surface area contributed by atoms with E-state index in [1.54, 1.807) is 0 Å². The molecule has 29 heavy (non-hydrogen) atoms. The number of carbonyl (C=O) groups is 2. The molecular formula is C14H16F3O10S2-. The van der Waals surface area contributed by atoms with Gasteiger partial charge in [0.25, 0.3) is 10.1 Å². The molecule has 1 saturated heterocycles. The predicted octanol–water partition coefficient (Wildman–Crippen LogP) is -0.165. The molecule has 0 aromatic heterocycles. The molecule has 0 aromatic carbocycles. The lowest BCUT2D eigenvalue weighted by molar-refractivity contribution is -0.162. The van der Waals surface area contributed by atoms with Crippen molar-refractivity contribution in [2.75, 3.05) is 6.61 Å². The summed E-state index contributed by atoms with van der Waals surface area (Å²) >= 11 is 0. The zero-order valence-electron chi connectivity index (χ0n) is 14.5. The highest BCUT2D eigenvalue weighted by Gasteiger charge is 2.65. The molecule has 2 aliphatic carbocycles. The average molecular weight is 465 g/mol. The van der Waals surface area contributed by atoms with Crippen LogP contribution in [0.25, 0.3) is 0 Å². The molecule has 166 valence electrons. The smallest absolute Gasteiger partial charge is 0.407 e. The number of fused-ring (bicyclic) bond motifs is 1.